The zero-order chi connectivity index (χ0) is 19.1. The Hall–Kier alpha value is -3.67. The number of hydrogen-bond donors (Lipinski definition) is 0. The van der Waals surface area contributed by atoms with Crippen molar-refractivity contribution in [2.45, 2.75) is 18.7 Å². The molecule has 6 nitrogen and oxygen atoms in total. The van der Waals surface area contributed by atoms with Gasteiger partial charge in [-0.15, -0.1) is 0 Å². The van der Waals surface area contributed by atoms with E-state index >= 15 is 0 Å². The van der Waals surface area contributed by atoms with Crippen LogP contribution in [0.2, 0.25) is 0 Å². The molecule has 3 aromatic carbocycles. The molecule has 0 saturated carbocycles. The zero-order valence-corrected chi connectivity index (χ0v) is 14.9. The van der Waals surface area contributed by atoms with E-state index in [1.807, 2.05) is 59.6 Å². The molecule has 0 aliphatic carbocycles. The van der Waals surface area contributed by atoms with Gasteiger partial charge in [-0.25, -0.2) is 5.01 Å². The number of fused-ring (bicyclic) bond motifs is 3. The lowest BCUT2D eigenvalue weighted by atomic mass is 9.96. The maximum atomic E-state index is 11.2. The molecule has 0 amide bonds. The minimum atomic E-state index is -0.513. The van der Waals surface area contributed by atoms with Gasteiger partial charge in [0.05, 0.1) is 16.7 Å². The van der Waals surface area contributed by atoms with Crippen molar-refractivity contribution in [3.8, 4) is 5.75 Å². The first kappa shape index (κ1) is 16.5. The first-order valence-electron chi connectivity index (χ1n) is 9.12. The Bertz CT molecular complexity index is 1080. The van der Waals surface area contributed by atoms with Crippen molar-refractivity contribution in [1.29, 1.82) is 0 Å². The molecule has 6 heteroatoms. The summed E-state index contributed by atoms with van der Waals surface area (Å²) >= 11 is 0. The van der Waals surface area contributed by atoms with Crippen LogP contribution in [0.1, 0.15) is 35.4 Å². The van der Waals surface area contributed by atoms with E-state index in [1.54, 1.807) is 12.1 Å². The van der Waals surface area contributed by atoms with Crippen molar-refractivity contribution in [2.24, 2.45) is 5.10 Å². The standard InChI is InChI=1S/C22H17N3O3/c26-25(27)17-10-6-9-16(13-17)22-24-20(18-11-4-5-12-21(18)28-22)14-19(23-24)15-7-2-1-3-8-15/h1-13,20,22H,14H2/t20-,22-/m0/s1. The molecule has 0 spiro atoms. The number of ether oxygens (including phenoxy) is 1. The van der Waals surface area contributed by atoms with Gasteiger partial charge < -0.3 is 4.74 Å². The molecule has 138 valence electrons. The van der Waals surface area contributed by atoms with E-state index in [9.17, 15) is 10.1 Å². The van der Waals surface area contributed by atoms with Crippen LogP contribution in [0.4, 0.5) is 5.69 Å². The Kier molecular flexibility index (Phi) is 3.83. The van der Waals surface area contributed by atoms with Crippen LogP contribution in [0.5, 0.6) is 5.75 Å². The quantitative estimate of drug-likeness (QED) is 0.488. The van der Waals surface area contributed by atoms with E-state index < -0.39 is 6.23 Å². The van der Waals surface area contributed by atoms with Gasteiger partial charge in [0.1, 0.15) is 5.75 Å². The summed E-state index contributed by atoms with van der Waals surface area (Å²) in [6.07, 6.45) is 0.247. The topological polar surface area (TPSA) is 68.0 Å². The number of non-ortho nitro benzene ring substituents is 1. The van der Waals surface area contributed by atoms with Gasteiger partial charge in [0.15, 0.2) is 0 Å². The average molecular weight is 371 g/mol. The van der Waals surface area contributed by atoms with Gasteiger partial charge in [-0.2, -0.15) is 5.10 Å². The number of nitro benzene ring substituents is 1. The Morgan fingerprint density at radius 1 is 1.00 bits per heavy atom. The van der Waals surface area contributed by atoms with Gasteiger partial charge in [0.25, 0.3) is 5.69 Å². The summed E-state index contributed by atoms with van der Waals surface area (Å²) in [7, 11) is 0. The summed E-state index contributed by atoms with van der Waals surface area (Å²) in [6.45, 7) is 0. The molecular formula is C22H17N3O3. The second-order valence-corrected chi connectivity index (χ2v) is 6.87. The normalized spacial score (nSPS) is 20.0. The first-order chi connectivity index (χ1) is 13.7. The van der Waals surface area contributed by atoms with Crippen LogP contribution < -0.4 is 4.74 Å². The SMILES string of the molecule is O=[N+]([O-])c1cccc([C@@H]2Oc3ccccc3[C@@H]3CC(c4ccccc4)=NN32)c1. The van der Waals surface area contributed by atoms with Crippen LogP contribution in [0.25, 0.3) is 0 Å². The lowest BCUT2D eigenvalue weighted by Crippen LogP contribution is -2.33. The molecule has 0 unspecified atom stereocenters. The van der Waals surface area contributed by atoms with Crippen molar-refractivity contribution in [3.05, 3.63) is 106 Å². The zero-order valence-electron chi connectivity index (χ0n) is 14.9. The van der Waals surface area contributed by atoms with E-state index in [1.165, 1.54) is 6.07 Å². The van der Waals surface area contributed by atoms with Crippen LogP contribution in [0.15, 0.2) is 84.0 Å². The van der Waals surface area contributed by atoms with Crippen molar-refractivity contribution in [2.75, 3.05) is 0 Å². The highest BCUT2D eigenvalue weighted by Gasteiger charge is 2.41. The second kappa shape index (κ2) is 6.49. The van der Waals surface area contributed by atoms with Crippen molar-refractivity contribution in [3.63, 3.8) is 0 Å². The fourth-order valence-corrected chi connectivity index (χ4v) is 3.85. The molecule has 0 fully saturated rings. The molecule has 0 N–H and O–H groups in total. The highest BCUT2D eigenvalue weighted by molar-refractivity contribution is 6.01. The highest BCUT2D eigenvalue weighted by Crippen LogP contribution is 2.47. The highest BCUT2D eigenvalue weighted by atomic mass is 16.6. The minimum Gasteiger partial charge on any atom is -0.464 e. The minimum absolute atomic E-state index is 0.0319. The van der Waals surface area contributed by atoms with Crippen molar-refractivity contribution in [1.82, 2.24) is 5.01 Å². The average Bonchev–Trinajstić information content (AvgIpc) is 3.20. The van der Waals surface area contributed by atoms with Gasteiger partial charge in [0, 0.05) is 29.7 Å². The Morgan fingerprint density at radius 3 is 2.61 bits per heavy atom. The van der Waals surface area contributed by atoms with E-state index in [2.05, 4.69) is 6.07 Å². The van der Waals surface area contributed by atoms with E-state index in [4.69, 9.17) is 9.84 Å². The number of hydrazone groups is 1. The largest absolute Gasteiger partial charge is 0.464 e. The van der Waals surface area contributed by atoms with Crippen LogP contribution in [-0.4, -0.2) is 15.6 Å². The number of nitrogens with zero attached hydrogens (tertiary/aromatic N) is 3. The molecule has 2 aliphatic heterocycles. The van der Waals surface area contributed by atoms with Gasteiger partial charge in [0.2, 0.25) is 6.23 Å². The van der Waals surface area contributed by atoms with E-state index in [0.29, 0.717) is 5.56 Å². The van der Waals surface area contributed by atoms with Crippen LogP contribution in [0, 0.1) is 10.1 Å². The lowest BCUT2D eigenvalue weighted by Gasteiger charge is -2.38. The third-order valence-corrected chi connectivity index (χ3v) is 5.17. The predicted molar refractivity (Wildman–Crippen MR) is 105 cm³/mol. The maximum Gasteiger partial charge on any atom is 0.269 e. The molecule has 0 radical (unpaired) electrons. The molecule has 3 aromatic rings. The molecule has 0 bridgehead atoms. The Balaban J connectivity index is 1.60. The predicted octanol–water partition coefficient (Wildman–Crippen LogP) is 4.84. The van der Waals surface area contributed by atoms with Crippen LogP contribution in [0.3, 0.4) is 0 Å². The molecular weight excluding hydrogens is 354 g/mol. The smallest absolute Gasteiger partial charge is 0.269 e. The summed E-state index contributed by atoms with van der Waals surface area (Å²) in [5, 5.41) is 18.0. The maximum absolute atomic E-state index is 11.2. The first-order valence-corrected chi connectivity index (χ1v) is 9.12. The third-order valence-electron chi connectivity index (χ3n) is 5.17. The lowest BCUT2D eigenvalue weighted by molar-refractivity contribution is -0.385. The molecule has 0 aromatic heterocycles. The number of para-hydroxylation sites is 1. The fourth-order valence-electron chi connectivity index (χ4n) is 3.85. The molecule has 2 heterocycles. The van der Waals surface area contributed by atoms with Gasteiger partial charge in [-0.1, -0.05) is 60.7 Å². The van der Waals surface area contributed by atoms with Gasteiger partial charge in [-0.05, 0) is 11.6 Å². The van der Waals surface area contributed by atoms with E-state index in [0.717, 1.165) is 29.0 Å². The van der Waals surface area contributed by atoms with Crippen LogP contribution >= 0.6 is 0 Å². The number of nitro groups is 1. The van der Waals surface area contributed by atoms with E-state index in [-0.39, 0.29) is 16.7 Å². The van der Waals surface area contributed by atoms with Gasteiger partial charge >= 0.3 is 0 Å². The second-order valence-electron chi connectivity index (χ2n) is 6.87. The van der Waals surface area contributed by atoms with Gasteiger partial charge in [-0.3, -0.25) is 10.1 Å². The molecule has 5 rings (SSSR count). The monoisotopic (exact) mass is 371 g/mol. The van der Waals surface area contributed by atoms with Crippen molar-refractivity contribution < 1.29 is 9.66 Å². The molecule has 2 aliphatic rings. The van der Waals surface area contributed by atoms with Crippen LogP contribution in [-0.2, 0) is 0 Å². The summed E-state index contributed by atoms with van der Waals surface area (Å²) in [5.41, 5.74) is 3.90. The van der Waals surface area contributed by atoms with Crippen molar-refractivity contribution >= 4 is 11.4 Å². The number of hydrogen-bond acceptors (Lipinski definition) is 5. The molecule has 0 saturated heterocycles. The number of rotatable bonds is 3. The number of benzene rings is 3. The summed E-state index contributed by atoms with van der Waals surface area (Å²) in [4.78, 5) is 10.8. The third kappa shape index (κ3) is 2.70. The Labute approximate surface area is 161 Å². The summed E-state index contributed by atoms with van der Waals surface area (Å²) < 4.78 is 6.25. The molecule has 2 atom stereocenters. The Morgan fingerprint density at radius 2 is 1.79 bits per heavy atom. The fraction of sp³-hybridized carbons (Fsp3) is 0.136. The summed E-state index contributed by atoms with van der Waals surface area (Å²) in [6, 6.07) is 24.6. The molecule has 28 heavy (non-hydrogen) atoms. The summed E-state index contributed by atoms with van der Waals surface area (Å²) in [5.74, 6) is 0.796.